The third-order valence-corrected chi connectivity index (χ3v) is 2.40. The molecule has 0 saturated heterocycles. The minimum Gasteiger partial charge on any atom is -1.00 e. The van der Waals surface area contributed by atoms with Gasteiger partial charge in [-0.3, -0.25) is 0 Å². The summed E-state index contributed by atoms with van der Waals surface area (Å²) in [5.74, 6) is 0. The molecule has 1 rings (SSSR count). The molecular weight excluding hydrogens is 193 g/mol. The number of hydrogen-bond acceptors (Lipinski definition) is 2. The Hall–Kier alpha value is 0.230. The van der Waals surface area contributed by atoms with Crippen molar-refractivity contribution >= 4 is 6.09 Å². The van der Waals surface area contributed by atoms with Crippen LogP contribution in [0.5, 0.6) is 0 Å². The Morgan fingerprint density at radius 3 is 2.50 bits per heavy atom. The summed E-state index contributed by atoms with van der Waals surface area (Å²) in [5, 5.41) is 11.0. The molecule has 0 unspecified atom stereocenters. The Bertz CT molecular complexity index is 175. The molecule has 0 spiro atoms. The van der Waals surface area contributed by atoms with Gasteiger partial charge in [0.25, 0.3) is 0 Å². The van der Waals surface area contributed by atoms with Gasteiger partial charge in [-0.15, -0.1) is 0 Å². The van der Waals surface area contributed by atoms with Gasteiger partial charge in [0.05, 0.1) is 6.10 Å². The van der Waals surface area contributed by atoms with Gasteiger partial charge in [0.15, 0.2) is 0 Å². The normalized spacial score (nSPS) is 26.4. The molecule has 0 aromatic heterocycles. The van der Waals surface area contributed by atoms with E-state index in [4.69, 9.17) is 9.84 Å². The molecule has 1 fully saturated rings. The summed E-state index contributed by atoms with van der Waals surface area (Å²) in [5.41, 5.74) is 0. The SMILES string of the molecule is CCOC1CCC(NC(=O)O)CC1.[H-].[Na+]. The second-order valence-corrected chi connectivity index (χ2v) is 3.38. The van der Waals surface area contributed by atoms with Crippen LogP contribution in [0, 0.1) is 0 Å². The molecule has 1 amide bonds. The molecule has 0 aromatic rings. The van der Waals surface area contributed by atoms with Crippen LogP contribution in [0.2, 0.25) is 0 Å². The summed E-state index contributed by atoms with van der Waals surface area (Å²) in [6.45, 7) is 2.74. The number of ether oxygens (including phenoxy) is 1. The van der Waals surface area contributed by atoms with Crippen molar-refractivity contribution in [3.05, 3.63) is 0 Å². The minimum atomic E-state index is -0.917. The maximum Gasteiger partial charge on any atom is 1.00 e. The van der Waals surface area contributed by atoms with Gasteiger partial charge in [0.2, 0.25) is 0 Å². The van der Waals surface area contributed by atoms with Crippen LogP contribution in [0.15, 0.2) is 0 Å². The molecule has 2 N–H and O–H groups in total. The summed E-state index contributed by atoms with van der Waals surface area (Å²) >= 11 is 0. The summed E-state index contributed by atoms with van der Waals surface area (Å²) in [6, 6.07) is 0.134. The summed E-state index contributed by atoms with van der Waals surface area (Å²) < 4.78 is 5.46. The van der Waals surface area contributed by atoms with Crippen molar-refractivity contribution in [3.8, 4) is 0 Å². The average molecular weight is 211 g/mol. The van der Waals surface area contributed by atoms with Crippen LogP contribution in [0.4, 0.5) is 4.79 Å². The molecule has 0 bridgehead atoms. The predicted molar refractivity (Wildman–Crippen MR) is 49.9 cm³/mol. The van der Waals surface area contributed by atoms with E-state index >= 15 is 0 Å². The first-order valence-corrected chi connectivity index (χ1v) is 4.83. The molecule has 4 nitrogen and oxygen atoms in total. The van der Waals surface area contributed by atoms with Crippen molar-refractivity contribution in [3.63, 3.8) is 0 Å². The smallest absolute Gasteiger partial charge is 1.00 e. The number of hydrogen-bond donors (Lipinski definition) is 2. The standard InChI is InChI=1S/C9H17NO3.Na.H/c1-2-13-8-5-3-7(4-6-8)10-9(11)12;;/h7-8,10H,2-6H2,1H3,(H,11,12);;/q;+1;-1. The van der Waals surface area contributed by atoms with Crippen molar-refractivity contribution in [2.24, 2.45) is 0 Å². The molecule has 5 heteroatoms. The molecule has 0 aliphatic heterocycles. The van der Waals surface area contributed by atoms with E-state index in [0.717, 1.165) is 32.3 Å². The van der Waals surface area contributed by atoms with Gasteiger partial charge in [-0.25, -0.2) is 4.79 Å². The average Bonchev–Trinajstić information content (AvgIpc) is 2.08. The number of carbonyl (C=O) groups is 1. The van der Waals surface area contributed by atoms with Crippen LogP contribution in [0.1, 0.15) is 34.0 Å². The Kier molecular flexibility index (Phi) is 7.64. The fourth-order valence-corrected chi connectivity index (χ4v) is 1.78. The number of nitrogens with one attached hydrogen (secondary N) is 1. The quantitative estimate of drug-likeness (QED) is 0.572. The van der Waals surface area contributed by atoms with E-state index in [1.807, 2.05) is 6.92 Å². The van der Waals surface area contributed by atoms with E-state index in [9.17, 15) is 4.79 Å². The third-order valence-electron chi connectivity index (χ3n) is 2.40. The minimum absolute atomic E-state index is 0. The molecule has 0 aromatic carbocycles. The van der Waals surface area contributed by atoms with Crippen molar-refractivity contribution < 1.29 is 45.6 Å². The Labute approximate surface area is 108 Å². The Morgan fingerprint density at radius 1 is 1.50 bits per heavy atom. The fraction of sp³-hybridized carbons (Fsp3) is 0.889. The van der Waals surface area contributed by atoms with Gasteiger partial charge < -0.3 is 16.6 Å². The van der Waals surface area contributed by atoms with Crippen molar-refractivity contribution in [2.75, 3.05) is 6.61 Å². The summed E-state index contributed by atoms with van der Waals surface area (Å²) in [6.07, 6.45) is 3.17. The topological polar surface area (TPSA) is 58.6 Å². The van der Waals surface area contributed by atoms with Crippen LogP contribution in [0.25, 0.3) is 0 Å². The zero-order chi connectivity index (χ0) is 9.68. The Morgan fingerprint density at radius 2 is 2.07 bits per heavy atom. The first-order chi connectivity index (χ1) is 6.22. The van der Waals surface area contributed by atoms with E-state index < -0.39 is 6.09 Å². The van der Waals surface area contributed by atoms with Crippen LogP contribution in [0.3, 0.4) is 0 Å². The molecule has 78 valence electrons. The van der Waals surface area contributed by atoms with Gasteiger partial charge in [-0.1, -0.05) is 0 Å². The van der Waals surface area contributed by atoms with E-state index in [0.29, 0.717) is 6.10 Å². The maximum atomic E-state index is 10.3. The van der Waals surface area contributed by atoms with Gasteiger partial charge in [-0.05, 0) is 32.6 Å². The van der Waals surface area contributed by atoms with Crippen LogP contribution in [-0.4, -0.2) is 30.0 Å². The van der Waals surface area contributed by atoms with Crippen molar-refractivity contribution in [1.29, 1.82) is 0 Å². The van der Waals surface area contributed by atoms with Crippen LogP contribution in [-0.2, 0) is 4.74 Å². The van der Waals surface area contributed by atoms with Crippen LogP contribution >= 0.6 is 0 Å². The van der Waals surface area contributed by atoms with Crippen molar-refractivity contribution in [1.82, 2.24) is 5.32 Å². The Balaban J connectivity index is 0. The summed E-state index contributed by atoms with van der Waals surface area (Å²) in [4.78, 5) is 10.3. The first-order valence-electron chi connectivity index (χ1n) is 4.83. The van der Waals surface area contributed by atoms with E-state index in [-0.39, 0.29) is 37.0 Å². The number of rotatable bonds is 3. The van der Waals surface area contributed by atoms with Gasteiger partial charge >= 0.3 is 35.7 Å². The molecule has 1 aliphatic carbocycles. The monoisotopic (exact) mass is 211 g/mol. The second-order valence-electron chi connectivity index (χ2n) is 3.38. The molecule has 14 heavy (non-hydrogen) atoms. The fourth-order valence-electron chi connectivity index (χ4n) is 1.78. The second kappa shape index (κ2) is 7.51. The molecule has 0 radical (unpaired) electrons. The zero-order valence-corrected chi connectivity index (χ0v) is 11.0. The van der Waals surface area contributed by atoms with Crippen molar-refractivity contribution in [2.45, 2.75) is 44.8 Å². The largest absolute Gasteiger partial charge is 1.00 e. The van der Waals surface area contributed by atoms with E-state index in [1.54, 1.807) is 0 Å². The van der Waals surface area contributed by atoms with E-state index in [1.165, 1.54) is 0 Å². The molecule has 0 heterocycles. The number of amides is 1. The summed E-state index contributed by atoms with van der Waals surface area (Å²) in [7, 11) is 0. The zero-order valence-electron chi connectivity index (χ0n) is 9.95. The van der Waals surface area contributed by atoms with Gasteiger partial charge in [-0.2, -0.15) is 0 Å². The van der Waals surface area contributed by atoms with Gasteiger partial charge in [0.1, 0.15) is 0 Å². The third kappa shape index (κ3) is 5.20. The van der Waals surface area contributed by atoms with Crippen LogP contribution < -0.4 is 34.9 Å². The molecule has 0 atom stereocenters. The predicted octanol–water partition coefficient (Wildman–Crippen LogP) is -1.28. The number of carboxylic acid groups (broad SMARTS) is 1. The first kappa shape index (κ1) is 14.2. The van der Waals surface area contributed by atoms with E-state index in [2.05, 4.69) is 5.32 Å². The maximum absolute atomic E-state index is 10.3. The van der Waals surface area contributed by atoms with Gasteiger partial charge in [0, 0.05) is 12.6 Å². The molecule has 1 saturated carbocycles. The molecule has 1 aliphatic rings. The molecular formula is C9H18NNaO3.